The van der Waals surface area contributed by atoms with Crippen LogP contribution in [0.2, 0.25) is 0 Å². The maximum absolute atomic E-state index is 3.47. The second-order valence-electron chi connectivity index (χ2n) is 5.49. The first-order valence-electron chi connectivity index (χ1n) is 6.60. The van der Waals surface area contributed by atoms with Crippen molar-refractivity contribution in [2.24, 2.45) is 5.92 Å². The lowest BCUT2D eigenvalue weighted by Gasteiger charge is -2.38. The zero-order chi connectivity index (χ0) is 12.4. The number of benzene rings is 1. The van der Waals surface area contributed by atoms with Gasteiger partial charge in [0.2, 0.25) is 0 Å². The first-order chi connectivity index (χ1) is 8.08. The summed E-state index contributed by atoms with van der Waals surface area (Å²) in [5, 5.41) is 3.47. The van der Waals surface area contributed by atoms with Crippen molar-refractivity contribution in [3.05, 3.63) is 29.3 Å². The Balaban J connectivity index is 2.20. The molecule has 1 aliphatic heterocycles. The van der Waals surface area contributed by atoms with Gasteiger partial charge in [0.15, 0.2) is 0 Å². The summed E-state index contributed by atoms with van der Waals surface area (Å²) in [5.41, 5.74) is 4.07. The normalized spacial score (nSPS) is 24.7. The smallest absolute Gasteiger partial charge is 0.0371 e. The number of nitrogens with zero attached hydrogens (tertiary/aromatic N) is 1. The van der Waals surface area contributed by atoms with Crippen LogP contribution in [0.1, 0.15) is 24.5 Å². The summed E-state index contributed by atoms with van der Waals surface area (Å²) >= 11 is 0. The van der Waals surface area contributed by atoms with Crippen molar-refractivity contribution in [1.82, 2.24) is 5.32 Å². The highest BCUT2D eigenvalue weighted by Crippen LogP contribution is 2.25. The number of rotatable bonds is 2. The van der Waals surface area contributed by atoms with E-state index in [1.807, 2.05) is 0 Å². The Hall–Kier alpha value is -1.02. The summed E-state index contributed by atoms with van der Waals surface area (Å²) in [4.78, 5) is 2.46. The van der Waals surface area contributed by atoms with E-state index in [1.54, 1.807) is 0 Å². The van der Waals surface area contributed by atoms with E-state index in [0.717, 1.165) is 19.0 Å². The van der Waals surface area contributed by atoms with E-state index in [4.69, 9.17) is 0 Å². The molecule has 1 aliphatic rings. The van der Waals surface area contributed by atoms with E-state index in [1.165, 1.54) is 23.2 Å². The molecule has 1 saturated heterocycles. The van der Waals surface area contributed by atoms with Gasteiger partial charge < -0.3 is 10.2 Å². The van der Waals surface area contributed by atoms with Crippen molar-refractivity contribution in [1.29, 1.82) is 0 Å². The molecule has 2 heteroatoms. The molecule has 0 amide bonds. The Labute approximate surface area is 105 Å². The third-order valence-corrected chi connectivity index (χ3v) is 3.85. The van der Waals surface area contributed by atoms with Crippen LogP contribution in [0.5, 0.6) is 0 Å². The minimum Gasteiger partial charge on any atom is -0.371 e. The predicted molar refractivity (Wildman–Crippen MR) is 74.8 cm³/mol. The molecule has 2 atom stereocenters. The Morgan fingerprint density at radius 3 is 2.41 bits per heavy atom. The van der Waals surface area contributed by atoms with E-state index < -0.39 is 0 Å². The van der Waals surface area contributed by atoms with Crippen LogP contribution >= 0.6 is 0 Å². The lowest BCUT2D eigenvalue weighted by atomic mass is 9.93. The molecular formula is C15H24N2. The molecule has 0 aromatic heterocycles. The van der Waals surface area contributed by atoms with E-state index >= 15 is 0 Å². The number of piperidine rings is 1. The zero-order valence-electron chi connectivity index (χ0n) is 11.5. The summed E-state index contributed by atoms with van der Waals surface area (Å²) in [6, 6.07) is 7.49. The van der Waals surface area contributed by atoms with Crippen molar-refractivity contribution < 1.29 is 0 Å². The minimum atomic E-state index is 0.664. The topological polar surface area (TPSA) is 15.3 Å². The highest BCUT2D eigenvalue weighted by Gasteiger charge is 2.25. The molecule has 1 heterocycles. The van der Waals surface area contributed by atoms with Crippen LogP contribution in [0.25, 0.3) is 0 Å². The molecule has 17 heavy (non-hydrogen) atoms. The van der Waals surface area contributed by atoms with Gasteiger partial charge in [-0.3, -0.25) is 0 Å². The van der Waals surface area contributed by atoms with Gasteiger partial charge in [0.05, 0.1) is 0 Å². The van der Waals surface area contributed by atoms with Crippen LogP contribution < -0.4 is 10.2 Å². The second-order valence-corrected chi connectivity index (χ2v) is 5.49. The summed E-state index contributed by atoms with van der Waals surface area (Å²) < 4.78 is 0. The highest BCUT2D eigenvalue weighted by molar-refractivity contribution is 5.51. The van der Waals surface area contributed by atoms with Crippen LogP contribution in [-0.2, 0) is 0 Å². The number of hydrogen-bond acceptors (Lipinski definition) is 2. The third kappa shape index (κ3) is 2.81. The van der Waals surface area contributed by atoms with Crippen LogP contribution in [-0.4, -0.2) is 26.2 Å². The van der Waals surface area contributed by atoms with Gasteiger partial charge in [-0.25, -0.2) is 0 Å². The van der Waals surface area contributed by atoms with E-state index in [9.17, 15) is 0 Å². The summed E-state index contributed by atoms with van der Waals surface area (Å²) in [7, 11) is 2.24. The maximum atomic E-state index is 3.47. The first kappa shape index (κ1) is 12.4. The molecule has 2 rings (SSSR count). The molecule has 1 aromatic carbocycles. The van der Waals surface area contributed by atoms with Gasteiger partial charge in [0.25, 0.3) is 0 Å². The van der Waals surface area contributed by atoms with E-state index in [0.29, 0.717) is 6.04 Å². The molecule has 0 bridgehead atoms. The Bertz CT molecular complexity index is 366. The largest absolute Gasteiger partial charge is 0.371 e. The lowest BCUT2D eigenvalue weighted by molar-refractivity contribution is 0.339. The molecule has 0 radical (unpaired) electrons. The van der Waals surface area contributed by atoms with Crippen molar-refractivity contribution >= 4 is 5.69 Å². The Kier molecular flexibility index (Phi) is 3.72. The standard InChI is InChI=1S/C15H24N2/c1-11-7-12(2)9-14(8-11)17(4)15-5-6-16-10-13(15)3/h7-9,13,15-16H,5-6,10H2,1-4H3. The van der Waals surface area contributed by atoms with Crippen LogP contribution in [0.3, 0.4) is 0 Å². The number of aryl methyl sites for hydroxylation is 2. The molecule has 0 aliphatic carbocycles. The molecule has 2 unspecified atom stereocenters. The van der Waals surface area contributed by atoms with Gasteiger partial charge in [0, 0.05) is 18.8 Å². The number of anilines is 1. The Morgan fingerprint density at radius 1 is 1.18 bits per heavy atom. The highest BCUT2D eigenvalue weighted by atomic mass is 15.2. The lowest BCUT2D eigenvalue weighted by Crippen LogP contribution is -2.47. The maximum Gasteiger partial charge on any atom is 0.0371 e. The van der Waals surface area contributed by atoms with Crippen molar-refractivity contribution in [2.75, 3.05) is 25.0 Å². The molecule has 94 valence electrons. The molecular weight excluding hydrogens is 208 g/mol. The molecule has 1 aromatic rings. The summed E-state index contributed by atoms with van der Waals surface area (Å²) in [6.07, 6.45) is 1.24. The SMILES string of the molecule is Cc1cc(C)cc(N(C)C2CCNCC2C)c1. The number of hydrogen-bond donors (Lipinski definition) is 1. The van der Waals surface area contributed by atoms with Crippen LogP contribution in [0, 0.1) is 19.8 Å². The predicted octanol–water partition coefficient (Wildman–Crippen LogP) is 2.74. The molecule has 1 fully saturated rings. The minimum absolute atomic E-state index is 0.664. The first-order valence-corrected chi connectivity index (χ1v) is 6.60. The quantitative estimate of drug-likeness (QED) is 0.843. The second kappa shape index (κ2) is 5.09. The monoisotopic (exact) mass is 232 g/mol. The van der Waals surface area contributed by atoms with Gasteiger partial charge in [-0.1, -0.05) is 13.0 Å². The summed E-state index contributed by atoms with van der Waals surface area (Å²) in [6.45, 7) is 8.98. The molecule has 0 spiro atoms. The third-order valence-electron chi connectivity index (χ3n) is 3.85. The fourth-order valence-corrected chi connectivity index (χ4v) is 2.92. The molecule has 1 N–H and O–H groups in total. The fourth-order valence-electron chi connectivity index (χ4n) is 2.92. The Morgan fingerprint density at radius 2 is 1.82 bits per heavy atom. The van der Waals surface area contributed by atoms with Gasteiger partial charge in [0.1, 0.15) is 0 Å². The van der Waals surface area contributed by atoms with Gasteiger partial charge >= 0.3 is 0 Å². The van der Waals surface area contributed by atoms with Gasteiger partial charge in [-0.05, 0) is 62.5 Å². The van der Waals surface area contributed by atoms with Crippen LogP contribution in [0.4, 0.5) is 5.69 Å². The van der Waals surface area contributed by atoms with Crippen LogP contribution in [0.15, 0.2) is 18.2 Å². The average Bonchev–Trinajstić information content (AvgIpc) is 2.27. The van der Waals surface area contributed by atoms with Crippen molar-refractivity contribution in [2.45, 2.75) is 33.2 Å². The number of nitrogens with one attached hydrogen (secondary N) is 1. The molecule has 2 nitrogen and oxygen atoms in total. The van der Waals surface area contributed by atoms with Crippen molar-refractivity contribution in [3.63, 3.8) is 0 Å². The zero-order valence-corrected chi connectivity index (χ0v) is 11.5. The van der Waals surface area contributed by atoms with Gasteiger partial charge in [-0.2, -0.15) is 0 Å². The van der Waals surface area contributed by atoms with Gasteiger partial charge in [-0.15, -0.1) is 0 Å². The van der Waals surface area contributed by atoms with E-state index in [-0.39, 0.29) is 0 Å². The van der Waals surface area contributed by atoms with E-state index in [2.05, 4.69) is 56.2 Å². The average molecular weight is 232 g/mol. The summed E-state index contributed by atoms with van der Waals surface area (Å²) in [5.74, 6) is 0.717. The van der Waals surface area contributed by atoms with Crippen molar-refractivity contribution in [3.8, 4) is 0 Å². The fraction of sp³-hybridized carbons (Fsp3) is 0.600. The molecule has 0 saturated carbocycles.